The topological polar surface area (TPSA) is 89.5 Å². The van der Waals surface area contributed by atoms with E-state index in [0.29, 0.717) is 28.6 Å². The lowest BCUT2D eigenvalue weighted by Crippen LogP contribution is -2.30. The number of sulfone groups is 1. The van der Waals surface area contributed by atoms with Crippen LogP contribution in [0.1, 0.15) is 36.7 Å². The molecule has 9 heteroatoms. The van der Waals surface area contributed by atoms with Gasteiger partial charge >= 0.3 is 0 Å². The highest BCUT2D eigenvalue weighted by atomic mass is 32.2. The Morgan fingerprint density at radius 2 is 1.85 bits per heavy atom. The third kappa shape index (κ3) is 4.80. The molecule has 0 saturated carbocycles. The average molecular weight is 496 g/mol. The second-order valence-corrected chi connectivity index (χ2v) is 11.4. The second-order valence-electron chi connectivity index (χ2n) is 7.90. The first-order chi connectivity index (χ1) is 16.3. The molecule has 0 spiro atoms. The van der Waals surface area contributed by atoms with Crippen molar-refractivity contribution in [3.8, 4) is 5.75 Å². The van der Waals surface area contributed by atoms with Crippen LogP contribution < -0.4 is 9.64 Å². The maximum absolute atomic E-state index is 13.6. The summed E-state index contributed by atoms with van der Waals surface area (Å²) in [7, 11) is -3.43. The highest BCUT2D eigenvalue weighted by Crippen LogP contribution is 2.35. The number of hydrogen-bond donors (Lipinski definition) is 0. The van der Waals surface area contributed by atoms with Gasteiger partial charge in [0.25, 0.3) is 5.91 Å². The molecular weight excluding hydrogens is 470 g/mol. The van der Waals surface area contributed by atoms with Crippen LogP contribution in [0.5, 0.6) is 5.75 Å². The van der Waals surface area contributed by atoms with Gasteiger partial charge in [0.1, 0.15) is 11.3 Å². The standard InChI is InChI=1S/C25H25N3O4S2/c1-4-32-21-8-5-9-22-23(21)27-25(33-22)28(16-18-7-6-14-26-15-18)24(29)19-10-12-20(13-11-19)34(30,31)17(2)3/h5-15,17H,4,16H2,1-3H3. The lowest BCUT2D eigenvalue weighted by Gasteiger charge is -2.20. The highest BCUT2D eigenvalue weighted by molar-refractivity contribution is 7.92. The van der Waals surface area contributed by atoms with Gasteiger partial charge in [0.2, 0.25) is 0 Å². The summed E-state index contributed by atoms with van der Waals surface area (Å²) >= 11 is 1.40. The molecule has 2 heterocycles. The predicted molar refractivity (Wildman–Crippen MR) is 134 cm³/mol. The van der Waals surface area contributed by atoms with Crippen molar-refractivity contribution in [3.05, 3.63) is 78.1 Å². The minimum Gasteiger partial charge on any atom is -0.492 e. The zero-order valence-corrected chi connectivity index (χ0v) is 20.8. The van der Waals surface area contributed by atoms with Crippen molar-refractivity contribution in [2.24, 2.45) is 0 Å². The van der Waals surface area contributed by atoms with Gasteiger partial charge in [-0.2, -0.15) is 0 Å². The number of hydrogen-bond acceptors (Lipinski definition) is 7. The fraction of sp³-hybridized carbons (Fsp3) is 0.240. The lowest BCUT2D eigenvalue weighted by atomic mass is 10.2. The van der Waals surface area contributed by atoms with Crippen LogP contribution in [0.15, 0.2) is 71.9 Å². The van der Waals surface area contributed by atoms with Crippen molar-refractivity contribution in [2.45, 2.75) is 37.5 Å². The number of pyridine rings is 1. The highest BCUT2D eigenvalue weighted by Gasteiger charge is 2.24. The Balaban J connectivity index is 1.74. The fourth-order valence-electron chi connectivity index (χ4n) is 3.41. The molecule has 0 atom stereocenters. The monoisotopic (exact) mass is 495 g/mol. The van der Waals surface area contributed by atoms with E-state index < -0.39 is 15.1 Å². The SMILES string of the molecule is CCOc1cccc2sc(N(Cc3cccnc3)C(=O)c3ccc(S(=O)(=O)C(C)C)cc3)nc12. The maximum Gasteiger partial charge on any atom is 0.260 e. The number of amides is 1. The molecule has 0 bridgehead atoms. The Bertz CT molecular complexity index is 1400. The number of ether oxygens (including phenoxy) is 1. The van der Waals surface area contributed by atoms with Crippen molar-refractivity contribution in [1.82, 2.24) is 9.97 Å². The summed E-state index contributed by atoms with van der Waals surface area (Å²) < 4.78 is 31.6. The normalized spacial score (nSPS) is 11.6. The number of aromatic nitrogens is 2. The van der Waals surface area contributed by atoms with Crippen molar-refractivity contribution in [3.63, 3.8) is 0 Å². The molecule has 0 aliphatic rings. The van der Waals surface area contributed by atoms with E-state index in [9.17, 15) is 13.2 Å². The first-order valence-corrected chi connectivity index (χ1v) is 13.2. The van der Waals surface area contributed by atoms with Gasteiger partial charge in [-0.1, -0.05) is 23.5 Å². The predicted octanol–water partition coefficient (Wildman–Crippen LogP) is 5.12. The Morgan fingerprint density at radius 3 is 2.50 bits per heavy atom. The smallest absolute Gasteiger partial charge is 0.260 e. The summed E-state index contributed by atoms with van der Waals surface area (Å²) in [6.45, 7) is 5.95. The van der Waals surface area contributed by atoms with Gasteiger partial charge in [0, 0.05) is 18.0 Å². The quantitative estimate of drug-likeness (QED) is 0.337. The Kier molecular flexibility index (Phi) is 6.95. The summed E-state index contributed by atoms with van der Waals surface area (Å²) in [5.74, 6) is 0.383. The molecule has 0 radical (unpaired) electrons. The van der Waals surface area contributed by atoms with Gasteiger partial charge in [-0.05, 0) is 68.8 Å². The van der Waals surface area contributed by atoms with Crippen molar-refractivity contribution in [1.29, 1.82) is 0 Å². The van der Waals surface area contributed by atoms with E-state index in [1.165, 1.54) is 23.5 Å². The molecule has 0 unspecified atom stereocenters. The molecule has 0 aliphatic heterocycles. The summed E-state index contributed by atoms with van der Waals surface area (Å²) in [6, 6.07) is 15.5. The Hall–Kier alpha value is -3.30. The third-order valence-electron chi connectivity index (χ3n) is 5.26. The molecule has 1 amide bonds. The van der Waals surface area contributed by atoms with E-state index in [-0.39, 0.29) is 17.3 Å². The van der Waals surface area contributed by atoms with E-state index >= 15 is 0 Å². The number of carbonyl (C=O) groups is 1. The third-order valence-corrected chi connectivity index (χ3v) is 8.47. The van der Waals surface area contributed by atoms with Gasteiger partial charge in [0.15, 0.2) is 15.0 Å². The van der Waals surface area contributed by atoms with E-state index in [1.807, 2.05) is 37.3 Å². The number of anilines is 1. The summed E-state index contributed by atoms with van der Waals surface area (Å²) in [5, 5.41) is -0.0201. The number of para-hydroxylation sites is 1. The second kappa shape index (κ2) is 9.90. The van der Waals surface area contributed by atoms with Crippen LogP contribution in [0.25, 0.3) is 10.2 Å². The first-order valence-electron chi connectivity index (χ1n) is 10.9. The zero-order chi connectivity index (χ0) is 24.3. The van der Waals surface area contributed by atoms with Crippen LogP contribution in [-0.2, 0) is 16.4 Å². The van der Waals surface area contributed by atoms with Crippen LogP contribution in [0.4, 0.5) is 5.13 Å². The van der Waals surface area contributed by atoms with E-state index in [4.69, 9.17) is 9.72 Å². The van der Waals surface area contributed by atoms with Crippen LogP contribution in [0.3, 0.4) is 0 Å². The lowest BCUT2D eigenvalue weighted by molar-refractivity contribution is 0.0985. The first kappa shape index (κ1) is 23.8. The molecule has 0 saturated heterocycles. The molecule has 34 heavy (non-hydrogen) atoms. The van der Waals surface area contributed by atoms with Gasteiger partial charge in [0.05, 0.1) is 28.0 Å². The van der Waals surface area contributed by atoms with Crippen molar-refractivity contribution in [2.75, 3.05) is 11.5 Å². The minimum atomic E-state index is -3.43. The Morgan fingerprint density at radius 1 is 1.09 bits per heavy atom. The number of fused-ring (bicyclic) bond motifs is 1. The van der Waals surface area contributed by atoms with E-state index in [2.05, 4.69) is 4.98 Å². The van der Waals surface area contributed by atoms with Crippen LogP contribution in [0, 0.1) is 0 Å². The minimum absolute atomic E-state index is 0.194. The van der Waals surface area contributed by atoms with Crippen molar-refractivity contribution < 1.29 is 17.9 Å². The zero-order valence-electron chi connectivity index (χ0n) is 19.1. The number of nitrogens with zero attached hydrogens (tertiary/aromatic N) is 3. The molecule has 4 rings (SSSR count). The molecule has 0 fully saturated rings. The molecule has 176 valence electrons. The van der Waals surface area contributed by atoms with E-state index in [0.717, 1.165) is 10.3 Å². The van der Waals surface area contributed by atoms with Gasteiger partial charge in [-0.15, -0.1) is 0 Å². The molecule has 4 aromatic rings. The molecule has 2 aromatic carbocycles. The average Bonchev–Trinajstić information content (AvgIpc) is 3.28. The largest absolute Gasteiger partial charge is 0.492 e. The summed E-state index contributed by atoms with van der Waals surface area (Å²) in [5.41, 5.74) is 1.92. The maximum atomic E-state index is 13.6. The van der Waals surface area contributed by atoms with E-state index in [1.54, 1.807) is 43.3 Å². The van der Waals surface area contributed by atoms with Crippen LogP contribution >= 0.6 is 11.3 Å². The number of thiazole rings is 1. The Labute approximate surface area is 203 Å². The molecule has 0 N–H and O–H groups in total. The molecule has 2 aromatic heterocycles. The number of benzene rings is 2. The van der Waals surface area contributed by atoms with Gasteiger partial charge in [-0.25, -0.2) is 13.4 Å². The van der Waals surface area contributed by atoms with Crippen molar-refractivity contribution >= 4 is 42.4 Å². The van der Waals surface area contributed by atoms with Crippen LogP contribution in [0.2, 0.25) is 0 Å². The molecule has 0 aliphatic carbocycles. The molecule has 7 nitrogen and oxygen atoms in total. The fourth-order valence-corrected chi connectivity index (χ4v) is 5.46. The van der Waals surface area contributed by atoms with Gasteiger partial charge < -0.3 is 4.74 Å². The van der Waals surface area contributed by atoms with Crippen LogP contribution in [-0.4, -0.2) is 36.1 Å². The van der Waals surface area contributed by atoms with Gasteiger partial charge in [-0.3, -0.25) is 14.7 Å². The number of rotatable bonds is 8. The number of carbonyl (C=O) groups excluding carboxylic acids is 1. The summed E-state index contributed by atoms with van der Waals surface area (Å²) in [4.78, 5) is 24.3. The molecular formula is C25H25N3O4S2. The summed E-state index contributed by atoms with van der Waals surface area (Å²) in [6.07, 6.45) is 3.38.